The molecule has 2 rings (SSSR count). The molecule has 104 valence electrons. The quantitative estimate of drug-likeness (QED) is 0.735. The summed E-state index contributed by atoms with van der Waals surface area (Å²) in [5.41, 5.74) is -1.42. The van der Waals surface area contributed by atoms with Gasteiger partial charge in [0.1, 0.15) is 5.54 Å². The molecule has 2 fully saturated rings. The summed E-state index contributed by atoms with van der Waals surface area (Å²) in [5.74, 6) is -0.223. The van der Waals surface area contributed by atoms with Crippen molar-refractivity contribution in [1.82, 2.24) is 4.90 Å². The summed E-state index contributed by atoms with van der Waals surface area (Å²) in [6.45, 7) is 3.75. The number of imide groups is 1. The van der Waals surface area contributed by atoms with Crippen LogP contribution in [0, 0.1) is 16.7 Å². The van der Waals surface area contributed by atoms with Crippen LogP contribution < -0.4 is 0 Å². The molecular formula is C15H22N2O2. The van der Waals surface area contributed by atoms with E-state index in [2.05, 4.69) is 6.07 Å². The molecule has 1 spiro atoms. The first-order valence-electron chi connectivity index (χ1n) is 7.34. The molecule has 1 heterocycles. The number of carbonyl (C=O) groups is 2. The third-order valence-corrected chi connectivity index (χ3v) is 5.01. The van der Waals surface area contributed by atoms with Crippen LogP contribution in [-0.4, -0.2) is 22.3 Å². The van der Waals surface area contributed by atoms with Gasteiger partial charge in [-0.15, -0.1) is 0 Å². The number of hydrogen-bond donors (Lipinski definition) is 0. The van der Waals surface area contributed by atoms with Crippen LogP contribution in [0.15, 0.2) is 0 Å². The van der Waals surface area contributed by atoms with Crippen LogP contribution in [0.25, 0.3) is 0 Å². The number of nitrogens with zero attached hydrogens (tertiary/aromatic N) is 2. The molecule has 0 aromatic heterocycles. The molecule has 0 bridgehead atoms. The van der Waals surface area contributed by atoms with Crippen molar-refractivity contribution in [2.24, 2.45) is 5.41 Å². The van der Waals surface area contributed by atoms with Gasteiger partial charge in [-0.3, -0.25) is 14.5 Å². The SMILES string of the molecule is CCC(C#N)(CC)N1C(=O)CC2(CCCCC2)C1=O. The van der Waals surface area contributed by atoms with Crippen molar-refractivity contribution in [1.29, 1.82) is 5.26 Å². The zero-order valence-corrected chi connectivity index (χ0v) is 11.9. The molecule has 4 heteroatoms. The summed E-state index contributed by atoms with van der Waals surface area (Å²) in [6, 6.07) is 2.22. The molecule has 0 aromatic carbocycles. The normalized spacial score (nSPS) is 22.9. The van der Waals surface area contributed by atoms with Gasteiger partial charge in [-0.05, 0) is 25.7 Å². The highest BCUT2D eigenvalue weighted by atomic mass is 16.2. The molecule has 1 saturated carbocycles. The van der Waals surface area contributed by atoms with Crippen LogP contribution >= 0.6 is 0 Å². The van der Waals surface area contributed by atoms with Crippen LogP contribution in [0.3, 0.4) is 0 Å². The number of hydrogen-bond acceptors (Lipinski definition) is 3. The molecule has 0 aromatic rings. The van der Waals surface area contributed by atoms with Crippen LogP contribution in [-0.2, 0) is 9.59 Å². The average Bonchev–Trinajstić information content (AvgIpc) is 2.67. The first kappa shape index (κ1) is 14.0. The molecule has 2 aliphatic rings. The van der Waals surface area contributed by atoms with E-state index in [4.69, 9.17) is 0 Å². The third kappa shape index (κ3) is 1.96. The van der Waals surface area contributed by atoms with E-state index >= 15 is 0 Å². The van der Waals surface area contributed by atoms with Gasteiger partial charge in [0.2, 0.25) is 11.8 Å². The Morgan fingerprint density at radius 3 is 2.26 bits per heavy atom. The minimum absolute atomic E-state index is 0.0811. The standard InChI is InChI=1S/C15H22N2O2/c1-3-15(4-2,11-16)17-12(18)10-14(13(17)19)8-6-5-7-9-14/h3-10H2,1-2H3. The first-order valence-corrected chi connectivity index (χ1v) is 7.34. The number of carbonyl (C=O) groups excluding carboxylic acids is 2. The topological polar surface area (TPSA) is 61.2 Å². The van der Waals surface area contributed by atoms with Crippen molar-refractivity contribution in [3.8, 4) is 6.07 Å². The highest BCUT2D eigenvalue weighted by molar-refractivity contribution is 6.07. The summed E-state index contributed by atoms with van der Waals surface area (Å²) < 4.78 is 0. The first-order chi connectivity index (χ1) is 9.05. The van der Waals surface area contributed by atoms with Gasteiger partial charge in [0, 0.05) is 6.42 Å². The number of nitriles is 1. The molecule has 1 aliphatic carbocycles. The maximum atomic E-state index is 12.8. The smallest absolute Gasteiger partial charge is 0.237 e. The Labute approximate surface area is 114 Å². The third-order valence-electron chi connectivity index (χ3n) is 5.01. The van der Waals surface area contributed by atoms with Crippen molar-refractivity contribution in [3.05, 3.63) is 0 Å². The van der Waals surface area contributed by atoms with E-state index < -0.39 is 11.0 Å². The summed E-state index contributed by atoms with van der Waals surface area (Å²) in [7, 11) is 0. The average molecular weight is 262 g/mol. The summed E-state index contributed by atoms with van der Waals surface area (Å²) in [6.07, 6.45) is 6.13. The zero-order valence-electron chi connectivity index (χ0n) is 11.9. The lowest BCUT2D eigenvalue weighted by molar-refractivity contribution is -0.147. The van der Waals surface area contributed by atoms with E-state index in [-0.39, 0.29) is 11.8 Å². The second-order valence-electron chi connectivity index (χ2n) is 5.90. The van der Waals surface area contributed by atoms with Gasteiger partial charge in [0.25, 0.3) is 0 Å². The predicted molar refractivity (Wildman–Crippen MR) is 70.9 cm³/mol. The van der Waals surface area contributed by atoms with Crippen molar-refractivity contribution in [3.63, 3.8) is 0 Å². The van der Waals surface area contributed by atoms with Crippen molar-refractivity contribution < 1.29 is 9.59 Å². The summed E-state index contributed by atoms with van der Waals surface area (Å²) >= 11 is 0. The summed E-state index contributed by atoms with van der Waals surface area (Å²) in [5, 5.41) is 9.46. The fourth-order valence-corrected chi connectivity index (χ4v) is 3.62. The molecule has 2 amide bonds. The maximum absolute atomic E-state index is 12.8. The summed E-state index contributed by atoms with van der Waals surface area (Å²) in [4.78, 5) is 26.4. The minimum atomic E-state index is -0.935. The molecule has 0 unspecified atom stereocenters. The lowest BCUT2D eigenvalue weighted by Gasteiger charge is -2.36. The van der Waals surface area contributed by atoms with E-state index in [1.54, 1.807) is 0 Å². The Bertz CT molecular complexity index is 426. The zero-order chi connectivity index (χ0) is 14.1. The fraction of sp³-hybridized carbons (Fsp3) is 0.800. The Balaban J connectivity index is 2.36. The lowest BCUT2D eigenvalue weighted by Crippen LogP contribution is -2.51. The monoisotopic (exact) mass is 262 g/mol. The van der Waals surface area contributed by atoms with Gasteiger partial charge in [-0.2, -0.15) is 5.26 Å². The fourth-order valence-electron chi connectivity index (χ4n) is 3.62. The van der Waals surface area contributed by atoms with E-state index in [1.807, 2.05) is 13.8 Å². The highest BCUT2D eigenvalue weighted by Gasteiger charge is 2.57. The maximum Gasteiger partial charge on any atom is 0.237 e. The van der Waals surface area contributed by atoms with Gasteiger partial charge in [-0.1, -0.05) is 33.1 Å². The minimum Gasteiger partial charge on any atom is -0.274 e. The van der Waals surface area contributed by atoms with Crippen molar-refractivity contribution in [2.75, 3.05) is 0 Å². The second-order valence-corrected chi connectivity index (χ2v) is 5.90. The molecule has 0 atom stereocenters. The molecule has 1 aliphatic heterocycles. The molecule has 1 saturated heterocycles. The largest absolute Gasteiger partial charge is 0.274 e. The second kappa shape index (κ2) is 4.96. The van der Waals surface area contributed by atoms with Gasteiger partial charge in [0.15, 0.2) is 0 Å². The van der Waals surface area contributed by atoms with E-state index in [0.717, 1.165) is 32.1 Å². The Kier molecular flexibility index (Phi) is 3.66. The van der Waals surface area contributed by atoms with E-state index in [9.17, 15) is 14.9 Å². The van der Waals surface area contributed by atoms with Crippen LogP contribution in [0.4, 0.5) is 0 Å². The molecular weight excluding hydrogens is 240 g/mol. The molecule has 19 heavy (non-hydrogen) atoms. The molecule has 0 radical (unpaired) electrons. The van der Waals surface area contributed by atoms with Gasteiger partial charge < -0.3 is 0 Å². The van der Waals surface area contributed by atoms with E-state index in [1.165, 1.54) is 4.90 Å². The van der Waals surface area contributed by atoms with Crippen molar-refractivity contribution in [2.45, 2.75) is 70.8 Å². The molecule has 0 N–H and O–H groups in total. The molecule has 4 nitrogen and oxygen atoms in total. The predicted octanol–water partition coefficient (Wildman–Crippen LogP) is 2.78. The van der Waals surface area contributed by atoms with E-state index in [0.29, 0.717) is 19.3 Å². The number of likely N-dealkylation sites (tertiary alicyclic amines) is 1. The van der Waals surface area contributed by atoms with Gasteiger partial charge >= 0.3 is 0 Å². The number of rotatable bonds is 3. The lowest BCUT2D eigenvalue weighted by atomic mass is 9.73. The Morgan fingerprint density at radius 1 is 1.21 bits per heavy atom. The van der Waals surface area contributed by atoms with Gasteiger partial charge in [0.05, 0.1) is 11.5 Å². The van der Waals surface area contributed by atoms with Gasteiger partial charge in [-0.25, -0.2) is 0 Å². The van der Waals surface area contributed by atoms with Crippen LogP contribution in [0.2, 0.25) is 0 Å². The Hall–Kier alpha value is -1.37. The van der Waals surface area contributed by atoms with Crippen LogP contribution in [0.1, 0.15) is 65.2 Å². The Morgan fingerprint density at radius 2 is 1.79 bits per heavy atom. The number of amides is 2. The van der Waals surface area contributed by atoms with Crippen molar-refractivity contribution >= 4 is 11.8 Å². The highest BCUT2D eigenvalue weighted by Crippen LogP contribution is 2.47. The van der Waals surface area contributed by atoms with Crippen LogP contribution in [0.5, 0.6) is 0 Å².